The molecule has 1 aliphatic rings. The van der Waals surface area contributed by atoms with Gasteiger partial charge in [0.2, 0.25) is 6.41 Å². The molecule has 0 aliphatic heterocycles. The smallest absolute Gasteiger partial charge is 0.372 e. The number of carbonyl (C=O) groups is 2. The van der Waals surface area contributed by atoms with Crippen LogP contribution in [0.15, 0.2) is 54.2 Å². The van der Waals surface area contributed by atoms with Gasteiger partial charge in [0.25, 0.3) is 5.91 Å². The van der Waals surface area contributed by atoms with Crippen molar-refractivity contribution in [1.29, 1.82) is 0 Å². The molecule has 2 aromatic heterocycles. The van der Waals surface area contributed by atoms with Gasteiger partial charge in [-0.2, -0.15) is 13.2 Å². The van der Waals surface area contributed by atoms with E-state index in [1.54, 1.807) is 23.5 Å². The van der Waals surface area contributed by atoms with Crippen LogP contribution < -0.4 is 16.4 Å². The first-order valence-corrected chi connectivity index (χ1v) is 11.8. The maximum atomic E-state index is 13.0. The first kappa shape index (κ1) is 25.1. The number of thiophene rings is 1. The second-order valence-electron chi connectivity index (χ2n) is 8.17. The van der Waals surface area contributed by atoms with E-state index in [2.05, 4.69) is 26.3 Å². The largest absolute Gasteiger partial charge is 0.416 e. The van der Waals surface area contributed by atoms with Crippen LogP contribution in [0.3, 0.4) is 0 Å². The van der Waals surface area contributed by atoms with E-state index in [9.17, 15) is 18.0 Å². The van der Waals surface area contributed by atoms with E-state index in [1.165, 1.54) is 18.5 Å². The Labute approximate surface area is 208 Å². The number of nitrogens with two attached hydrogens (primary N) is 1. The Morgan fingerprint density at radius 2 is 1.89 bits per heavy atom. The van der Waals surface area contributed by atoms with Crippen LogP contribution in [0.1, 0.15) is 34.3 Å². The number of benzene rings is 2. The first-order valence-electron chi connectivity index (χ1n) is 10.9. The van der Waals surface area contributed by atoms with E-state index >= 15 is 0 Å². The lowest BCUT2D eigenvalue weighted by Crippen LogP contribution is -2.13. The molecule has 0 atom stereocenters. The van der Waals surface area contributed by atoms with Crippen molar-refractivity contribution in [2.24, 2.45) is 5.73 Å². The monoisotopic (exact) mass is 513 g/mol. The Balaban J connectivity index is 0.000000967. The van der Waals surface area contributed by atoms with Gasteiger partial charge in [-0.25, -0.2) is 9.97 Å². The average molecular weight is 514 g/mol. The highest BCUT2D eigenvalue weighted by Crippen LogP contribution is 2.38. The number of aromatic nitrogens is 2. The number of carbonyl (C=O) groups excluding carboxylic acids is 2. The Bertz CT molecular complexity index is 1420. The highest BCUT2D eigenvalue weighted by molar-refractivity contribution is 7.18. The van der Waals surface area contributed by atoms with Gasteiger partial charge in [-0.15, -0.1) is 11.3 Å². The lowest BCUT2D eigenvalue weighted by atomic mass is 9.99. The van der Waals surface area contributed by atoms with E-state index in [4.69, 9.17) is 4.79 Å². The second kappa shape index (κ2) is 10.3. The molecule has 1 saturated carbocycles. The Morgan fingerprint density at radius 1 is 1.14 bits per heavy atom. The molecule has 2 heterocycles. The van der Waals surface area contributed by atoms with E-state index in [0.717, 1.165) is 57.7 Å². The van der Waals surface area contributed by atoms with Crippen molar-refractivity contribution in [3.63, 3.8) is 0 Å². The molecule has 0 unspecified atom stereocenters. The number of anilines is 2. The van der Waals surface area contributed by atoms with Crippen molar-refractivity contribution in [3.8, 4) is 11.1 Å². The van der Waals surface area contributed by atoms with E-state index in [1.807, 2.05) is 18.4 Å². The molecule has 1 aliphatic carbocycles. The number of rotatable bonds is 5. The zero-order valence-electron chi connectivity index (χ0n) is 19.1. The van der Waals surface area contributed by atoms with Crippen LogP contribution in [0.2, 0.25) is 0 Å². The molecule has 7 nitrogen and oxygen atoms in total. The third-order valence-electron chi connectivity index (χ3n) is 5.51. The highest BCUT2D eigenvalue weighted by Gasteiger charge is 2.30. The number of primary amides is 1. The Hall–Kier alpha value is -3.99. The first-order chi connectivity index (χ1) is 17.2. The van der Waals surface area contributed by atoms with Crippen molar-refractivity contribution in [1.82, 2.24) is 9.97 Å². The number of nitrogens with one attached hydrogen (secondary N) is 2. The zero-order chi connectivity index (χ0) is 25.9. The molecule has 4 N–H and O–H groups in total. The Kier molecular flexibility index (Phi) is 7.20. The van der Waals surface area contributed by atoms with E-state index in [-0.39, 0.29) is 12.1 Å². The van der Waals surface area contributed by atoms with Gasteiger partial charge >= 0.3 is 6.18 Å². The molecule has 0 radical (unpaired) electrons. The predicted molar refractivity (Wildman–Crippen MR) is 134 cm³/mol. The van der Waals surface area contributed by atoms with Gasteiger partial charge < -0.3 is 16.4 Å². The molecule has 36 heavy (non-hydrogen) atoms. The van der Waals surface area contributed by atoms with Crippen LogP contribution in [-0.4, -0.2) is 28.3 Å². The quantitative estimate of drug-likeness (QED) is 0.300. The average Bonchev–Trinajstić information content (AvgIpc) is 3.55. The number of amides is 2. The van der Waals surface area contributed by atoms with Crippen molar-refractivity contribution >= 4 is 45.4 Å². The number of halogens is 3. The molecule has 5 rings (SSSR count). The van der Waals surface area contributed by atoms with E-state index < -0.39 is 17.6 Å². The van der Waals surface area contributed by atoms with Crippen LogP contribution >= 0.6 is 11.3 Å². The fourth-order valence-electron chi connectivity index (χ4n) is 3.60. The van der Waals surface area contributed by atoms with Gasteiger partial charge in [-0.05, 0) is 61.2 Å². The number of nitrogens with zero attached hydrogens (tertiary/aromatic N) is 2. The van der Waals surface area contributed by atoms with Crippen molar-refractivity contribution in [2.45, 2.75) is 32.0 Å². The molecule has 11 heteroatoms. The molecule has 2 amide bonds. The molecule has 0 spiro atoms. The maximum absolute atomic E-state index is 13.0. The summed E-state index contributed by atoms with van der Waals surface area (Å²) in [6.45, 7) is 1.94. The summed E-state index contributed by atoms with van der Waals surface area (Å²) in [5, 5.41) is 7.99. The summed E-state index contributed by atoms with van der Waals surface area (Å²) in [4.78, 5) is 30.3. The van der Waals surface area contributed by atoms with Crippen molar-refractivity contribution < 1.29 is 22.8 Å². The Morgan fingerprint density at radius 3 is 2.58 bits per heavy atom. The normalized spacial score (nSPS) is 13.0. The minimum Gasteiger partial charge on any atom is -0.372 e. The summed E-state index contributed by atoms with van der Waals surface area (Å²) in [5.74, 6) is 0.329. The molecule has 1 fully saturated rings. The lowest BCUT2D eigenvalue weighted by Gasteiger charge is -2.11. The minimum atomic E-state index is -4.48. The molecule has 0 bridgehead atoms. The fourth-order valence-corrected chi connectivity index (χ4v) is 4.57. The van der Waals surface area contributed by atoms with Crippen LogP contribution in [0.5, 0.6) is 0 Å². The van der Waals surface area contributed by atoms with Gasteiger partial charge in [0.05, 0.1) is 15.8 Å². The topological polar surface area (TPSA) is 110 Å². The van der Waals surface area contributed by atoms with Crippen LogP contribution in [0.4, 0.5) is 24.7 Å². The third kappa shape index (κ3) is 5.62. The molecule has 0 saturated heterocycles. The summed E-state index contributed by atoms with van der Waals surface area (Å²) >= 11 is 1.54. The predicted octanol–water partition coefficient (Wildman–Crippen LogP) is 5.61. The molecule has 4 aromatic rings. The minimum absolute atomic E-state index is 0.0847. The SMILES string of the molecule is Cc1ccc(C(=O)Nc2cccc(C(F)(F)F)c2)cc1-c1csc2c(NC3CC3)ncnc12.NC=O. The highest BCUT2D eigenvalue weighted by atomic mass is 32.1. The number of alkyl halides is 3. The molecule has 2 aromatic carbocycles. The van der Waals surface area contributed by atoms with Crippen LogP contribution in [0.25, 0.3) is 21.3 Å². The van der Waals surface area contributed by atoms with Crippen molar-refractivity contribution in [2.75, 3.05) is 10.6 Å². The molecular weight excluding hydrogens is 491 g/mol. The maximum Gasteiger partial charge on any atom is 0.416 e. The molecular formula is C25H22F3N5O2S. The summed E-state index contributed by atoms with van der Waals surface area (Å²) < 4.78 is 39.9. The van der Waals surface area contributed by atoms with Gasteiger partial charge in [-0.1, -0.05) is 12.1 Å². The number of hydrogen-bond acceptors (Lipinski definition) is 6. The number of fused-ring (bicyclic) bond motifs is 1. The third-order valence-corrected chi connectivity index (χ3v) is 6.49. The summed E-state index contributed by atoms with van der Waals surface area (Å²) in [6.07, 6.45) is -0.437. The van der Waals surface area contributed by atoms with E-state index in [0.29, 0.717) is 11.6 Å². The summed E-state index contributed by atoms with van der Waals surface area (Å²) in [6, 6.07) is 10.3. The summed E-state index contributed by atoms with van der Waals surface area (Å²) in [5.41, 5.74) is 7.28. The summed E-state index contributed by atoms with van der Waals surface area (Å²) in [7, 11) is 0. The van der Waals surface area contributed by atoms with Crippen LogP contribution in [-0.2, 0) is 11.0 Å². The van der Waals surface area contributed by atoms with Gasteiger partial charge in [0.15, 0.2) is 0 Å². The van der Waals surface area contributed by atoms with Crippen LogP contribution in [0, 0.1) is 6.92 Å². The molecule has 186 valence electrons. The number of aryl methyl sites for hydroxylation is 1. The second-order valence-corrected chi connectivity index (χ2v) is 9.05. The lowest BCUT2D eigenvalue weighted by molar-refractivity contribution is -0.137. The number of hydrogen-bond donors (Lipinski definition) is 3. The standard InChI is InChI=1S/C24H19F3N4OS.CH3NO/c1-13-5-6-14(23(32)31-17-4-2-3-15(10-17)24(25,26)27)9-18(13)19-11-33-21-20(19)28-12-29-22(21)30-16-7-8-16;2-1-3/h2-6,9-12,16H,7-8H2,1H3,(H,31,32)(H,28,29,30);1H,(H2,2,3). The van der Waals surface area contributed by atoms with Gasteiger partial charge in [-0.3, -0.25) is 9.59 Å². The zero-order valence-corrected chi connectivity index (χ0v) is 19.9. The van der Waals surface area contributed by atoms with Gasteiger partial charge in [0.1, 0.15) is 12.1 Å². The van der Waals surface area contributed by atoms with Crippen molar-refractivity contribution in [3.05, 3.63) is 70.9 Å². The fraction of sp³-hybridized carbons (Fsp3) is 0.200. The van der Waals surface area contributed by atoms with Gasteiger partial charge in [0, 0.05) is 28.2 Å².